The fraction of sp³-hybridized carbons (Fsp3) is 0.231. The maximum Gasteiger partial charge on any atom is 0.256 e. The van der Waals surface area contributed by atoms with Gasteiger partial charge in [-0.3, -0.25) is 14.5 Å². The van der Waals surface area contributed by atoms with Crippen molar-refractivity contribution in [2.45, 2.75) is 13.3 Å². The summed E-state index contributed by atoms with van der Waals surface area (Å²) in [6, 6.07) is 7.85. The molecule has 3 heteroatoms. The molecule has 1 aliphatic heterocycles. The van der Waals surface area contributed by atoms with E-state index in [1.807, 2.05) is 31.2 Å². The molecule has 0 spiro atoms. The Morgan fingerprint density at radius 3 is 2.31 bits per heavy atom. The number of amides is 2. The lowest BCUT2D eigenvalue weighted by Gasteiger charge is -2.02. The molecule has 1 heterocycles. The molecule has 0 aliphatic carbocycles. The molecule has 0 saturated carbocycles. The smallest absolute Gasteiger partial charge is 0.256 e. The molecule has 0 bridgehead atoms. The summed E-state index contributed by atoms with van der Waals surface area (Å²) >= 11 is 0. The average molecular weight is 215 g/mol. The van der Waals surface area contributed by atoms with Gasteiger partial charge in [0.25, 0.3) is 5.91 Å². The van der Waals surface area contributed by atoms with Crippen LogP contribution in [0.25, 0.3) is 6.08 Å². The summed E-state index contributed by atoms with van der Waals surface area (Å²) in [6.45, 7) is 2.01. The number of likely N-dealkylation sites (tertiary alicyclic amines) is 1. The Bertz CT molecular complexity index is 471. The van der Waals surface area contributed by atoms with Gasteiger partial charge in [-0.05, 0) is 18.6 Å². The third kappa shape index (κ3) is 1.89. The Morgan fingerprint density at radius 2 is 1.81 bits per heavy atom. The largest absolute Gasteiger partial charge is 0.282 e. The average Bonchev–Trinajstić information content (AvgIpc) is 2.50. The molecule has 0 N–H and O–H groups in total. The van der Waals surface area contributed by atoms with E-state index in [-0.39, 0.29) is 18.2 Å². The molecule has 82 valence electrons. The number of imide groups is 1. The van der Waals surface area contributed by atoms with E-state index in [2.05, 4.69) is 0 Å². The number of rotatable bonds is 1. The zero-order valence-corrected chi connectivity index (χ0v) is 9.36. The summed E-state index contributed by atoms with van der Waals surface area (Å²) in [4.78, 5) is 24.1. The number of hydrogen-bond donors (Lipinski definition) is 0. The molecule has 0 radical (unpaired) electrons. The van der Waals surface area contributed by atoms with E-state index in [9.17, 15) is 9.59 Å². The van der Waals surface area contributed by atoms with Crippen molar-refractivity contribution in [2.75, 3.05) is 7.05 Å². The molecule has 2 amide bonds. The van der Waals surface area contributed by atoms with Gasteiger partial charge in [0, 0.05) is 12.6 Å². The molecule has 1 aromatic rings. The number of carbonyl (C=O) groups is 2. The van der Waals surface area contributed by atoms with Gasteiger partial charge in [-0.25, -0.2) is 0 Å². The third-order valence-corrected chi connectivity index (χ3v) is 2.71. The maximum absolute atomic E-state index is 11.6. The lowest BCUT2D eigenvalue weighted by molar-refractivity contribution is -0.135. The molecule has 16 heavy (non-hydrogen) atoms. The Balaban J connectivity index is 2.29. The van der Waals surface area contributed by atoms with Gasteiger partial charge in [-0.1, -0.05) is 29.8 Å². The fourth-order valence-electron chi connectivity index (χ4n) is 1.66. The summed E-state index contributed by atoms with van der Waals surface area (Å²) in [6.07, 6.45) is 1.99. The van der Waals surface area contributed by atoms with Crippen LogP contribution in [-0.4, -0.2) is 23.8 Å². The van der Waals surface area contributed by atoms with Crippen LogP contribution in [0.2, 0.25) is 0 Å². The normalized spacial score (nSPS) is 18.6. The van der Waals surface area contributed by atoms with Crippen molar-refractivity contribution >= 4 is 17.9 Å². The molecule has 1 fully saturated rings. The van der Waals surface area contributed by atoms with Crippen molar-refractivity contribution in [1.29, 1.82) is 0 Å². The molecule has 1 aliphatic rings. The first-order chi connectivity index (χ1) is 7.58. The number of hydrogen-bond acceptors (Lipinski definition) is 2. The highest BCUT2D eigenvalue weighted by Gasteiger charge is 2.30. The summed E-state index contributed by atoms with van der Waals surface area (Å²) in [5, 5.41) is 0. The minimum absolute atomic E-state index is 0.136. The van der Waals surface area contributed by atoms with Gasteiger partial charge in [0.05, 0.1) is 6.42 Å². The Hall–Kier alpha value is -1.90. The van der Waals surface area contributed by atoms with Gasteiger partial charge >= 0.3 is 0 Å². The first-order valence-corrected chi connectivity index (χ1v) is 5.16. The highest BCUT2D eigenvalue weighted by Crippen LogP contribution is 2.20. The Morgan fingerprint density at radius 1 is 1.19 bits per heavy atom. The monoisotopic (exact) mass is 215 g/mol. The lowest BCUT2D eigenvalue weighted by Crippen LogP contribution is -2.23. The van der Waals surface area contributed by atoms with Crippen LogP contribution in [0.4, 0.5) is 0 Å². The van der Waals surface area contributed by atoms with Crippen molar-refractivity contribution < 1.29 is 9.59 Å². The van der Waals surface area contributed by atoms with E-state index < -0.39 is 0 Å². The van der Waals surface area contributed by atoms with E-state index in [4.69, 9.17) is 0 Å². The molecule has 0 unspecified atom stereocenters. The van der Waals surface area contributed by atoms with Crippen molar-refractivity contribution in [2.24, 2.45) is 0 Å². The van der Waals surface area contributed by atoms with Gasteiger partial charge < -0.3 is 0 Å². The molecule has 1 aromatic carbocycles. The number of nitrogens with zero attached hydrogens (tertiary/aromatic N) is 1. The first kappa shape index (κ1) is 10.6. The number of aryl methyl sites for hydroxylation is 1. The topological polar surface area (TPSA) is 37.4 Å². The van der Waals surface area contributed by atoms with Crippen LogP contribution in [0.1, 0.15) is 17.5 Å². The molecule has 3 nitrogen and oxygen atoms in total. The van der Waals surface area contributed by atoms with E-state index in [0.29, 0.717) is 5.57 Å². The van der Waals surface area contributed by atoms with Crippen LogP contribution in [0, 0.1) is 6.92 Å². The molecule has 2 rings (SSSR count). The fourth-order valence-corrected chi connectivity index (χ4v) is 1.66. The van der Waals surface area contributed by atoms with E-state index in [1.165, 1.54) is 17.5 Å². The number of benzene rings is 1. The van der Waals surface area contributed by atoms with Crippen molar-refractivity contribution in [3.8, 4) is 0 Å². The summed E-state index contributed by atoms with van der Waals surface area (Å²) in [5.41, 5.74) is 2.70. The molecular formula is C13H13NO2. The van der Waals surface area contributed by atoms with Gasteiger partial charge in [0.1, 0.15) is 0 Å². The molecule has 1 saturated heterocycles. The first-order valence-electron chi connectivity index (χ1n) is 5.16. The third-order valence-electron chi connectivity index (χ3n) is 2.71. The zero-order valence-electron chi connectivity index (χ0n) is 9.36. The predicted molar refractivity (Wildman–Crippen MR) is 61.6 cm³/mol. The van der Waals surface area contributed by atoms with Gasteiger partial charge in [0.15, 0.2) is 0 Å². The van der Waals surface area contributed by atoms with Crippen LogP contribution in [0.5, 0.6) is 0 Å². The van der Waals surface area contributed by atoms with Gasteiger partial charge in [-0.15, -0.1) is 0 Å². The van der Waals surface area contributed by atoms with E-state index in [0.717, 1.165) is 5.56 Å². The van der Waals surface area contributed by atoms with Crippen LogP contribution in [-0.2, 0) is 9.59 Å². The van der Waals surface area contributed by atoms with E-state index in [1.54, 1.807) is 6.08 Å². The van der Waals surface area contributed by atoms with Crippen LogP contribution < -0.4 is 0 Å². The van der Waals surface area contributed by atoms with Crippen molar-refractivity contribution in [1.82, 2.24) is 4.90 Å². The minimum Gasteiger partial charge on any atom is -0.282 e. The second kappa shape index (κ2) is 3.93. The molecule has 0 aromatic heterocycles. The Labute approximate surface area is 94.4 Å². The van der Waals surface area contributed by atoms with Crippen LogP contribution in [0.15, 0.2) is 29.8 Å². The van der Waals surface area contributed by atoms with E-state index >= 15 is 0 Å². The second-order valence-electron chi connectivity index (χ2n) is 4.01. The Kier molecular flexibility index (Phi) is 2.60. The standard InChI is InChI=1S/C13H13NO2/c1-9-3-5-10(6-4-9)7-11-8-12(15)14(2)13(11)16/h3-7H,8H2,1-2H3/b11-7+. The number of likely N-dealkylation sites (N-methyl/N-ethyl adjacent to an activating group) is 1. The van der Waals surface area contributed by atoms with Crippen molar-refractivity contribution in [3.63, 3.8) is 0 Å². The SMILES string of the molecule is Cc1ccc(/C=C2\CC(=O)N(C)C2=O)cc1. The maximum atomic E-state index is 11.6. The van der Waals surface area contributed by atoms with Gasteiger partial charge in [-0.2, -0.15) is 0 Å². The highest BCUT2D eigenvalue weighted by molar-refractivity contribution is 6.15. The highest BCUT2D eigenvalue weighted by atomic mass is 16.2. The molecule has 0 atom stereocenters. The predicted octanol–water partition coefficient (Wildman–Crippen LogP) is 1.77. The second-order valence-corrected chi connectivity index (χ2v) is 4.01. The van der Waals surface area contributed by atoms with Crippen LogP contribution in [0.3, 0.4) is 0 Å². The summed E-state index contributed by atoms with van der Waals surface area (Å²) in [7, 11) is 1.51. The number of carbonyl (C=O) groups excluding carboxylic acids is 2. The van der Waals surface area contributed by atoms with Crippen LogP contribution >= 0.6 is 0 Å². The lowest BCUT2D eigenvalue weighted by atomic mass is 10.1. The minimum atomic E-state index is -0.189. The van der Waals surface area contributed by atoms with Gasteiger partial charge in [0.2, 0.25) is 5.91 Å². The summed E-state index contributed by atoms with van der Waals surface area (Å²) in [5.74, 6) is -0.325. The quantitative estimate of drug-likeness (QED) is 0.529. The summed E-state index contributed by atoms with van der Waals surface area (Å²) < 4.78 is 0. The van der Waals surface area contributed by atoms with Crippen molar-refractivity contribution in [3.05, 3.63) is 41.0 Å². The zero-order chi connectivity index (χ0) is 11.7. The molecular weight excluding hydrogens is 202 g/mol.